The first-order valence-corrected chi connectivity index (χ1v) is 22.3. The summed E-state index contributed by atoms with van der Waals surface area (Å²) in [6.07, 6.45) is 0. The minimum absolute atomic E-state index is 0.170. The third-order valence-electron chi connectivity index (χ3n) is 13.6. The third kappa shape index (κ3) is 5.68. The van der Waals surface area contributed by atoms with Crippen LogP contribution in [0.25, 0.3) is 111 Å². The van der Waals surface area contributed by atoms with Crippen LogP contribution >= 0.6 is 0 Å². The molecule has 5 nitrogen and oxygen atoms in total. The number of para-hydroxylation sites is 2. The lowest BCUT2D eigenvalue weighted by atomic mass is 9.82. The summed E-state index contributed by atoms with van der Waals surface area (Å²) in [4.78, 5) is 16.3. The fraction of sp³-hybridized carbons (Fsp3) is 0.0500. The molecule has 0 radical (unpaired) electrons. The summed E-state index contributed by atoms with van der Waals surface area (Å²) in [7, 11) is 0. The highest BCUT2D eigenvalue weighted by atomic mass is 15.2. The Bertz CT molecular complexity index is 3820. The number of hydrogen-bond donors (Lipinski definition) is 0. The molecule has 0 spiro atoms. The van der Waals surface area contributed by atoms with E-state index in [4.69, 9.17) is 15.0 Å². The van der Waals surface area contributed by atoms with Gasteiger partial charge in [-0.25, -0.2) is 4.98 Å². The van der Waals surface area contributed by atoms with Gasteiger partial charge in [0.15, 0.2) is 11.6 Å². The zero-order valence-electron chi connectivity index (χ0n) is 35.9. The average Bonchev–Trinajstić information content (AvgIpc) is 3.98. The number of aromatic nitrogens is 5. The normalized spacial score (nSPS) is 12.9. The summed E-state index contributed by atoms with van der Waals surface area (Å²) in [6, 6.07) is 76.0. The molecule has 0 atom stereocenters. The molecule has 65 heavy (non-hydrogen) atoms. The van der Waals surface area contributed by atoms with Crippen molar-refractivity contribution in [2.24, 2.45) is 0 Å². The van der Waals surface area contributed by atoms with Crippen LogP contribution in [0.15, 0.2) is 212 Å². The second-order valence-corrected chi connectivity index (χ2v) is 17.6. The van der Waals surface area contributed by atoms with Gasteiger partial charge in [-0.15, -0.1) is 0 Å². The van der Waals surface area contributed by atoms with Gasteiger partial charge >= 0.3 is 0 Å². The van der Waals surface area contributed by atoms with Gasteiger partial charge in [0.25, 0.3) is 0 Å². The molecule has 9 aromatic carbocycles. The predicted molar refractivity (Wildman–Crippen MR) is 268 cm³/mol. The Hall–Kier alpha value is -8.41. The van der Waals surface area contributed by atoms with Gasteiger partial charge in [0.1, 0.15) is 0 Å². The minimum atomic E-state index is -0.170. The molecule has 1 aliphatic rings. The van der Waals surface area contributed by atoms with Gasteiger partial charge in [0.2, 0.25) is 5.95 Å². The van der Waals surface area contributed by atoms with E-state index in [0.717, 1.165) is 60.6 Å². The van der Waals surface area contributed by atoms with Gasteiger partial charge in [0, 0.05) is 43.8 Å². The quantitative estimate of drug-likeness (QED) is 0.168. The van der Waals surface area contributed by atoms with Gasteiger partial charge < -0.3 is 4.57 Å². The molecule has 0 saturated carbocycles. The number of fused-ring (bicyclic) bond motifs is 10. The average molecular weight is 832 g/mol. The van der Waals surface area contributed by atoms with E-state index in [9.17, 15) is 0 Å². The van der Waals surface area contributed by atoms with Crippen LogP contribution < -0.4 is 0 Å². The molecule has 0 amide bonds. The molecule has 0 aliphatic heterocycles. The van der Waals surface area contributed by atoms with E-state index in [-0.39, 0.29) is 5.41 Å². The molecule has 0 bridgehead atoms. The fourth-order valence-corrected chi connectivity index (χ4v) is 10.5. The van der Waals surface area contributed by atoms with Gasteiger partial charge in [0.05, 0.1) is 22.1 Å². The summed E-state index contributed by atoms with van der Waals surface area (Å²) in [5.74, 6) is 1.84. The zero-order valence-corrected chi connectivity index (χ0v) is 35.9. The van der Waals surface area contributed by atoms with E-state index in [2.05, 4.69) is 217 Å². The summed E-state index contributed by atoms with van der Waals surface area (Å²) in [5.41, 5.74) is 16.9. The number of rotatable bonds is 6. The lowest BCUT2D eigenvalue weighted by Crippen LogP contribution is -2.14. The van der Waals surface area contributed by atoms with Gasteiger partial charge in [-0.3, -0.25) is 4.57 Å². The molecule has 5 heteroatoms. The lowest BCUT2D eigenvalue weighted by molar-refractivity contribution is 0.660. The van der Waals surface area contributed by atoms with Crippen molar-refractivity contribution in [3.05, 3.63) is 223 Å². The van der Waals surface area contributed by atoms with Crippen LogP contribution in [0.2, 0.25) is 0 Å². The number of nitrogens with zero attached hydrogens (tertiary/aromatic N) is 5. The topological polar surface area (TPSA) is 48.5 Å². The second kappa shape index (κ2) is 14.3. The molecule has 12 aromatic rings. The monoisotopic (exact) mass is 831 g/mol. The van der Waals surface area contributed by atoms with Crippen molar-refractivity contribution in [3.63, 3.8) is 0 Å². The van der Waals surface area contributed by atoms with Crippen molar-refractivity contribution in [1.29, 1.82) is 0 Å². The molecule has 1 aliphatic carbocycles. The highest BCUT2D eigenvalue weighted by molar-refractivity contribution is 6.23. The van der Waals surface area contributed by atoms with Crippen molar-refractivity contribution in [2.75, 3.05) is 0 Å². The van der Waals surface area contributed by atoms with E-state index in [1.807, 2.05) is 18.2 Å². The molecule has 306 valence electrons. The van der Waals surface area contributed by atoms with Crippen molar-refractivity contribution >= 4 is 43.6 Å². The van der Waals surface area contributed by atoms with Crippen molar-refractivity contribution in [2.45, 2.75) is 19.3 Å². The third-order valence-corrected chi connectivity index (χ3v) is 13.6. The van der Waals surface area contributed by atoms with Crippen molar-refractivity contribution in [3.8, 4) is 67.8 Å². The van der Waals surface area contributed by atoms with Crippen LogP contribution in [0.4, 0.5) is 0 Å². The smallest absolute Gasteiger partial charge is 0.238 e. The Morgan fingerprint density at radius 1 is 0.338 bits per heavy atom. The predicted octanol–water partition coefficient (Wildman–Crippen LogP) is 15.0. The van der Waals surface area contributed by atoms with Crippen LogP contribution in [-0.4, -0.2) is 24.1 Å². The largest absolute Gasteiger partial charge is 0.307 e. The number of hydrogen-bond acceptors (Lipinski definition) is 3. The maximum atomic E-state index is 5.54. The fourth-order valence-electron chi connectivity index (χ4n) is 10.5. The highest BCUT2D eigenvalue weighted by Crippen LogP contribution is 2.52. The Morgan fingerprint density at radius 2 is 0.815 bits per heavy atom. The lowest BCUT2D eigenvalue weighted by Gasteiger charge is -2.21. The Morgan fingerprint density at radius 3 is 1.48 bits per heavy atom. The summed E-state index contributed by atoms with van der Waals surface area (Å²) >= 11 is 0. The van der Waals surface area contributed by atoms with E-state index in [1.165, 1.54) is 44.3 Å². The molecule has 0 unspecified atom stereocenters. The van der Waals surface area contributed by atoms with Crippen LogP contribution in [-0.2, 0) is 5.41 Å². The first-order valence-electron chi connectivity index (χ1n) is 22.3. The molecule has 0 N–H and O–H groups in total. The zero-order chi connectivity index (χ0) is 43.2. The summed E-state index contributed by atoms with van der Waals surface area (Å²) in [6.45, 7) is 4.63. The molecular formula is C60H41N5. The van der Waals surface area contributed by atoms with Crippen LogP contribution in [0.3, 0.4) is 0 Å². The van der Waals surface area contributed by atoms with Crippen LogP contribution in [0, 0.1) is 0 Å². The van der Waals surface area contributed by atoms with Gasteiger partial charge in [-0.1, -0.05) is 202 Å². The van der Waals surface area contributed by atoms with Crippen LogP contribution in [0.5, 0.6) is 0 Å². The molecule has 3 aromatic heterocycles. The molecule has 13 rings (SSSR count). The maximum Gasteiger partial charge on any atom is 0.238 e. The first kappa shape index (κ1) is 37.2. The van der Waals surface area contributed by atoms with Gasteiger partial charge in [-0.2, -0.15) is 9.97 Å². The minimum Gasteiger partial charge on any atom is -0.307 e. The first-order chi connectivity index (χ1) is 32.0. The van der Waals surface area contributed by atoms with Crippen molar-refractivity contribution in [1.82, 2.24) is 24.1 Å². The summed E-state index contributed by atoms with van der Waals surface area (Å²) in [5, 5.41) is 4.61. The SMILES string of the molecule is CC1(C)c2ccccc2-c2c(-c3nc(-c4ccccc4)nc(-n4c5ccccc5c5ccc6c7ccccc7n(-c7ccc(-c8ccc(-c9ccccc9)cc8)cc7)c6c54)n3)cccc21. The van der Waals surface area contributed by atoms with Crippen LogP contribution in [0.1, 0.15) is 25.0 Å². The molecule has 0 saturated heterocycles. The Kier molecular flexibility index (Phi) is 8.18. The van der Waals surface area contributed by atoms with Crippen molar-refractivity contribution < 1.29 is 0 Å². The Balaban J connectivity index is 1.06. The second-order valence-electron chi connectivity index (χ2n) is 17.6. The summed E-state index contributed by atoms with van der Waals surface area (Å²) < 4.78 is 4.71. The van der Waals surface area contributed by atoms with Gasteiger partial charge in [-0.05, 0) is 68.8 Å². The number of benzene rings is 9. The Labute approximate surface area is 376 Å². The molecule has 3 heterocycles. The van der Waals surface area contributed by atoms with E-state index in [1.54, 1.807) is 0 Å². The molecule has 0 fully saturated rings. The maximum absolute atomic E-state index is 5.54. The van der Waals surface area contributed by atoms with E-state index in [0.29, 0.717) is 17.6 Å². The standard InChI is InChI=1S/C60H41N5/c1-60(2)50-24-12-9-22-48(50)54-49(23-15-25-51(54)60)58-61-57(42-18-7-4-8-19-42)62-59(63-58)65-53-27-14-11-21-45(53)47-37-36-46-44-20-10-13-26-52(44)64(55(46)56(47)65)43-34-32-41(33-35-43)40-30-28-39(29-31-40)38-16-5-3-6-17-38/h3-37H,1-2H3. The van der Waals surface area contributed by atoms with E-state index >= 15 is 0 Å². The van der Waals surface area contributed by atoms with E-state index < -0.39 is 0 Å². The highest BCUT2D eigenvalue weighted by Gasteiger charge is 2.37. The molecular weight excluding hydrogens is 791 g/mol.